The molecule has 52 valence electrons. The quantitative estimate of drug-likeness (QED) is 0.575. The molecule has 0 atom stereocenters. The van der Waals surface area contributed by atoms with E-state index in [0.29, 0.717) is 0 Å². The van der Waals surface area contributed by atoms with Gasteiger partial charge in [0.25, 0.3) is 0 Å². The van der Waals surface area contributed by atoms with Crippen LogP contribution >= 0.6 is 0 Å². The number of aromatic amines is 1. The van der Waals surface area contributed by atoms with Crippen molar-refractivity contribution < 1.29 is 4.42 Å². The van der Waals surface area contributed by atoms with Crippen LogP contribution in [0.4, 0.5) is 0 Å². The zero-order chi connectivity index (χ0) is 7.11. The summed E-state index contributed by atoms with van der Waals surface area (Å²) in [4.78, 5) is 12.1. The van der Waals surface area contributed by atoms with E-state index in [1.165, 1.54) is 18.9 Å². The molecule has 0 aliphatic heterocycles. The Kier molecular flexibility index (Phi) is 4.59. The van der Waals surface area contributed by atoms with E-state index in [4.69, 9.17) is 0 Å². The van der Waals surface area contributed by atoms with Crippen LogP contribution in [0, 0.1) is 0 Å². The summed E-state index contributed by atoms with van der Waals surface area (Å²) in [6, 6.07) is 0. The highest BCUT2D eigenvalue weighted by Crippen LogP contribution is 1.62. The second kappa shape index (κ2) is 5.15. The fraction of sp³-hybridized carbons (Fsp3) is 0.500. The molecule has 0 aromatic carbocycles. The van der Waals surface area contributed by atoms with E-state index in [-0.39, 0.29) is 0 Å². The summed E-state index contributed by atoms with van der Waals surface area (Å²) in [5, 5.41) is 0. The van der Waals surface area contributed by atoms with Crippen LogP contribution in [-0.4, -0.2) is 4.98 Å². The van der Waals surface area contributed by atoms with Crippen LogP contribution in [0.5, 0.6) is 0 Å². The van der Waals surface area contributed by atoms with E-state index < -0.39 is 5.76 Å². The van der Waals surface area contributed by atoms with Gasteiger partial charge in [0.2, 0.25) is 0 Å². The lowest BCUT2D eigenvalue weighted by atomic mass is 10.6. The molecule has 1 aromatic rings. The van der Waals surface area contributed by atoms with Crippen LogP contribution in [0.3, 0.4) is 0 Å². The Morgan fingerprint density at radius 3 is 2.33 bits per heavy atom. The van der Waals surface area contributed by atoms with Gasteiger partial charge in [-0.05, 0) is 0 Å². The van der Waals surface area contributed by atoms with Crippen molar-refractivity contribution in [1.82, 2.24) is 4.98 Å². The largest absolute Gasteiger partial charge is 0.417 e. The maximum Gasteiger partial charge on any atom is 0.416 e. The molecule has 1 rings (SSSR count). The average molecular weight is 129 g/mol. The third-order valence-corrected chi connectivity index (χ3v) is 0.444. The number of rotatable bonds is 0. The van der Waals surface area contributed by atoms with Crippen LogP contribution < -0.4 is 5.76 Å². The summed E-state index contributed by atoms with van der Waals surface area (Å²) >= 11 is 0. The Bertz CT molecular complexity index is 160. The molecule has 0 bridgehead atoms. The summed E-state index contributed by atoms with van der Waals surface area (Å²) in [5.74, 6) is -0.407. The standard InChI is InChI=1S/C3H3NO2.C3H8/c5-3-4-1-2-6-3;1-3-2/h1-2H,(H,4,5);3H2,1-2H3. The van der Waals surface area contributed by atoms with Crippen LogP contribution in [0.15, 0.2) is 21.7 Å². The summed E-state index contributed by atoms with van der Waals surface area (Å²) in [6.07, 6.45) is 3.98. The fourth-order valence-corrected chi connectivity index (χ4v) is 0.232. The van der Waals surface area contributed by atoms with Gasteiger partial charge in [-0.25, -0.2) is 4.79 Å². The van der Waals surface area contributed by atoms with E-state index in [0.717, 1.165) is 0 Å². The highest BCUT2D eigenvalue weighted by atomic mass is 16.4. The first-order valence-electron chi connectivity index (χ1n) is 2.93. The fourth-order valence-electron chi connectivity index (χ4n) is 0.232. The van der Waals surface area contributed by atoms with Crippen molar-refractivity contribution in [3.8, 4) is 0 Å². The van der Waals surface area contributed by atoms with Gasteiger partial charge in [-0.15, -0.1) is 0 Å². The lowest BCUT2D eigenvalue weighted by Gasteiger charge is -1.51. The molecular formula is C6H11NO2. The van der Waals surface area contributed by atoms with E-state index in [1.807, 2.05) is 0 Å². The van der Waals surface area contributed by atoms with E-state index in [2.05, 4.69) is 23.2 Å². The van der Waals surface area contributed by atoms with E-state index in [1.54, 1.807) is 0 Å². The second-order valence-corrected chi connectivity index (χ2v) is 1.56. The molecule has 0 aliphatic rings. The highest BCUT2D eigenvalue weighted by Gasteiger charge is 1.72. The third-order valence-electron chi connectivity index (χ3n) is 0.444. The summed E-state index contributed by atoms with van der Waals surface area (Å²) in [7, 11) is 0. The minimum absolute atomic E-state index is 0.407. The van der Waals surface area contributed by atoms with Crippen molar-refractivity contribution >= 4 is 0 Å². The SMILES string of the molecule is CCC.O=c1[nH]cco1. The molecule has 3 nitrogen and oxygen atoms in total. The lowest BCUT2D eigenvalue weighted by molar-refractivity contribution is 0.515. The molecule has 0 fully saturated rings. The molecule has 3 heteroatoms. The average Bonchev–Trinajstić information content (AvgIpc) is 2.20. The van der Waals surface area contributed by atoms with Gasteiger partial charge in [0.05, 0.1) is 0 Å². The third kappa shape index (κ3) is 4.87. The van der Waals surface area contributed by atoms with Gasteiger partial charge in [-0.2, -0.15) is 0 Å². The van der Waals surface area contributed by atoms with Crippen molar-refractivity contribution in [1.29, 1.82) is 0 Å². The molecule has 0 saturated carbocycles. The monoisotopic (exact) mass is 129 g/mol. The first-order chi connectivity index (χ1) is 4.31. The normalized spacial score (nSPS) is 7.78. The van der Waals surface area contributed by atoms with Crippen molar-refractivity contribution in [2.75, 3.05) is 0 Å². The van der Waals surface area contributed by atoms with Gasteiger partial charge in [-0.3, -0.25) is 4.98 Å². The molecule has 0 radical (unpaired) electrons. The van der Waals surface area contributed by atoms with Crippen LogP contribution in [0.2, 0.25) is 0 Å². The first kappa shape index (κ1) is 8.01. The first-order valence-corrected chi connectivity index (χ1v) is 2.93. The van der Waals surface area contributed by atoms with Gasteiger partial charge in [0.1, 0.15) is 6.26 Å². The highest BCUT2D eigenvalue weighted by molar-refractivity contribution is 4.58. The van der Waals surface area contributed by atoms with Gasteiger partial charge in [0.15, 0.2) is 0 Å². The Labute approximate surface area is 53.7 Å². The van der Waals surface area contributed by atoms with Crippen LogP contribution in [0.25, 0.3) is 0 Å². The van der Waals surface area contributed by atoms with E-state index in [9.17, 15) is 4.79 Å². The van der Waals surface area contributed by atoms with Gasteiger partial charge in [0, 0.05) is 6.20 Å². The molecule has 1 heterocycles. The smallest absolute Gasteiger partial charge is 0.416 e. The Morgan fingerprint density at radius 1 is 1.67 bits per heavy atom. The Hall–Kier alpha value is -0.990. The van der Waals surface area contributed by atoms with Crippen molar-refractivity contribution in [2.24, 2.45) is 0 Å². The zero-order valence-corrected chi connectivity index (χ0v) is 5.68. The summed E-state index contributed by atoms with van der Waals surface area (Å²) in [5.41, 5.74) is 0. The molecule has 0 aliphatic carbocycles. The molecular weight excluding hydrogens is 118 g/mol. The Balaban J connectivity index is 0.000000187. The van der Waals surface area contributed by atoms with Gasteiger partial charge < -0.3 is 4.42 Å². The topological polar surface area (TPSA) is 46.0 Å². The molecule has 0 amide bonds. The van der Waals surface area contributed by atoms with Gasteiger partial charge in [-0.1, -0.05) is 20.3 Å². The maximum absolute atomic E-state index is 9.85. The number of hydrogen-bond acceptors (Lipinski definition) is 2. The van der Waals surface area contributed by atoms with Gasteiger partial charge >= 0.3 is 5.76 Å². The molecule has 0 unspecified atom stereocenters. The minimum atomic E-state index is -0.407. The molecule has 9 heavy (non-hydrogen) atoms. The lowest BCUT2D eigenvalue weighted by Crippen LogP contribution is -1.91. The van der Waals surface area contributed by atoms with E-state index >= 15 is 0 Å². The van der Waals surface area contributed by atoms with Crippen molar-refractivity contribution in [2.45, 2.75) is 20.3 Å². The van der Waals surface area contributed by atoms with Crippen molar-refractivity contribution in [3.63, 3.8) is 0 Å². The molecule has 1 N–H and O–H groups in total. The zero-order valence-electron chi connectivity index (χ0n) is 5.68. The number of H-pyrrole nitrogens is 1. The predicted molar refractivity (Wildman–Crippen MR) is 35.3 cm³/mol. The molecule has 0 spiro atoms. The van der Waals surface area contributed by atoms with Crippen molar-refractivity contribution in [3.05, 3.63) is 23.0 Å². The maximum atomic E-state index is 9.85. The van der Waals surface area contributed by atoms with Crippen LogP contribution in [-0.2, 0) is 0 Å². The molecule has 0 saturated heterocycles. The number of aromatic nitrogens is 1. The minimum Gasteiger partial charge on any atom is -0.417 e. The second-order valence-electron chi connectivity index (χ2n) is 1.56. The summed E-state index contributed by atoms with van der Waals surface area (Å²) < 4.78 is 4.22. The number of oxazole rings is 1. The number of hydrogen-bond donors (Lipinski definition) is 1. The van der Waals surface area contributed by atoms with Crippen LogP contribution in [0.1, 0.15) is 20.3 Å². The number of nitrogens with one attached hydrogen (secondary N) is 1. The summed E-state index contributed by atoms with van der Waals surface area (Å²) in [6.45, 7) is 4.25. The Morgan fingerprint density at radius 2 is 2.22 bits per heavy atom. The predicted octanol–water partition coefficient (Wildman–Crippen LogP) is 1.38. The molecule has 1 aromatic heterocycles.